The molecule has 2 atom stereocenters. The maximum atomic E-state index is 13.8. The van der Waals surface area contributed by atoms with Crippen LogP contribution in [-0.2, 0) is 4.74 Å². The van der Waals surface area contributed by atoms with Crippen molar-refractivity contribution in [3.63, 3.8) is 0 Å². The lowest BCUT2D eigenvalue weighted by Gasteiger charge is -2.24. The monoisotopic (exact) mass is 485 g/mol. The number of fused-ring (bicyclic) bond motifs is 1. The third-order valence-electron chi connectivity index (χ3n) is 5.60. The van der Waals surface area contributed by atoms with E-state index in [1.54, 1.807) is 56.0 Å². The van der Waals surface area contributed by atoms with Gasteiger partial charge >= 0.3 is 6.09 Å². The van der Waals surface area contributed by atoms with Crippen LogP contribution in [0, 0.1) is 5.82 Å². The van der Waals surface area contributed by atoms with Gasteiger partial charge in [-0.3, -0.25) is 4.79 Å². The molecule has 4 rings (SSSR count). The quantitative estimate of drug-likeness (QED) is 0.569. The van der Waals surface area contributed by atoms with Gasteiger partial charge in [0, 0.05) is 24.4 Å². The number of rotatable bonds is 4. The summed E-state index contributed by atoms with van der Waals surface area (Å²) in [5, 5.41) is 4.01. The molecule has 1 aliphatic heterocycles. The van der Waals surface area contributed by atoms with E-state index >= 15 is 0 Å². The molecule has 0 aliphatic carbocycles. The van der Waals surface area contributed by atoms with Crippen molar-refractivity contribution in [2.24, 2.45) is 5.73 Å². The van der Waals surface area contributed by atoms with Gasteiger partial charge in [-0.2, -0.15) is 0 Å². The van der Waals surface area contributed by atoms with E-state index in [9.17, 15) is 14.0 Å². The zero-order valence-electron chi connectivity index (χ0n) is 19.0. The molecule has 178 valence electrons. The fourth-order valence-corrected chi connectivity index (χ4v) is 4.27. The number of primary amides is 1. The van der Waals surface area contributed by atoms with Crippen molar-refractivity contribution >= 4 is 40.3 Å². The lowest BCUT2D eigenvalue weighted by molar-refractivity contribution is 0.0291. The number of para-hydroxylation sites is 1. The number of carbonyl (C=O) groups excluding carboxylic acids is 2. The van der Waals surface area contributed by atoms with Crippen LogP contribution in [-0.4, -0.2) is 51.6 Å². The van der Waals surface area contributed by atoms with E-state index in [2.05, 4.69) is 15.3 Å². The second-order valence-electron chi connectivity index (χ2n) is 9.20. The van der Waals surface area contributed by atoms with Gasteiger partial charge in [0.25, 0.3) is 5.91 Å². The number of likely N-dealkylation sites (tertiary alicyclic amines) is 1. The first-order valence-electron chi connectivity index (χ1n) is 10.8. The molecule has 1 fully saturated rings. The smallest absolute Gasteiger partial charge is 0.410 e. The van der Waals surface area contributed by atoms with Gasteiger partial charge < -0.3 is 20.7 Å². The van der Waals surface area contributed by atoms with Crippen molar-refractivity contribution in [1.29, 1.82) is 0 Å². The van der Waals surface area contributed by atoms with Crippen LogP contribution in [0.3, 0.4) is 0 Å². The lowest BCUT2D eigenvalue weighted by Crippen LogP contribution is -2.36. The molecule has 0 spiro atoms. The van der Waals surface area contributed by atoms with Crippen molar-refractivity contribution in [3.05, 3.63) is 64.7 Å². The fourth-order valence-electron chi connectivity index (χ4n) is 4.08. The van der Waals surface area contributed by atoms with Crippen LogP contribution in [0.4, 0.5) is 15.0 Å². The summed E-state index contributed by atoms with van der Waals surface area (Å²) in [6.07, 6.45) is 0.903. The number of ether oxygens (including phenoxy) is 1. The van der Waals surface area contributed by atoms with Crippen LogP contribution in [0.15, 0.2) is 42.7 Å². The predicted molar refractivity (Wildman–Crippen MR) is 127 cm³/mol. The number of carbonyl (C=O) groups is 2. The third-order valence-corrected chi connectivity index (χ3v) is 5.89. The summed E-state index contributed by atoms with van der Waals surface area (Å²) in [6, 6.07) is 9.32. The second kappa shape index (κ2) is 9.06. The van der Waals surface area contributed by atoms with Gasteiger partial charge in [0.2, 0.25) is 0 Å². The Morgan fingerprint density at radius 2 is 1.97 bits per heavy atom. The standard InChI is InChI=1S/C24H25ClFN5O3/c1-24(2,3)34-23(33)31-10-16(13-7-8-18(26)17(25)9-13)19(11-31)30-22-15-6-4-5-14(21(27)32)20(15)28-12-29-22/h4-9,12,16,19H,10-11H2,1-3H3,(H2,27,32)(H,28,29,30)/t16-,19+/m1/s1. The first-order valence-corrected chi connectivity index (χ1v) is 11.1. The highest BCUT2D eigenvalue weighted by molar-refractivity contribution is 6.30. The van der Waals surface area contributed by atoms with Crippen molar-refractivity contribution in [1.82, 2.24) is 14.9 Å². The molecule has 8 nitrogen and oxygen atoms in total. The molecule has 1 saturated heterocycles. The van der Waals surface area contributed by atoms with Crippen molar-refractivity contribution < 1.29 is 18.7 Å². The minimum Gasteiger partial charge on any atom is -0.444 e. The Morgan fingerprint density at radius 3 is 2.65 bits per heavy atom. The maximum absolute atomic E-state index is 13.8. The summed E-state index contributed by atoms with van der Waals surface area (Å²) in [5.41, 5.74) is 6.33. The molecular formula is C24H25ClFN5O3. The highest BCUT2D eigenvalue weighted by atomic mass is 35.5. The van der Waals surface area contributed by atoms with E-state index in [0.717, 1.165) is 5.56 Å². The van der Waals surface area contributed by atoms with Crippen molar-refractivity contribution in [2.75, 3.05) is 18.4 Å². The SMILES string of the molecule is CC(C)(C)OC(=O)N1C[C@H](Nc2ncnc3c(C(N)=O)cccc23)[C@@H](c2ccc(F)c(Cl)c2)C1. The van der Waals surface area contributed by atoms with Gasteiger partial charge in [0.15, 0.2) is 0 Å². The summed E-state index contributed by atoms with van der Waals surface area (Å²) >= 11 is 6.05. The predicted octanol–water partition coefficient (Wildman–Crippen LogP) is 4.34. The van der Waals surface area contributed by atoms with Crippen LogP contribution in [0.25, 0.3) is 10.9 Å². The Morgan fingerprint density at radius 1 is 1.21 bits per heavy atom. The first kappa shape index (κ1) is 23.7. The Hall–Kier alpha value is -3.46. The summed E-state index contributed by atoms with van der Waals surface area (Å²) < 4.78 is 19.4. The molecule has 34 heavy (non-hydrogen) atoms. The minimum absolute atomic E-state index is 0.00514. The number of halogens is 2. The number of nitrogens with two attached hydrogens (primary N) is 1. The molecule has 0 unspecified atom stereocenters. The molecular weight excluding hydrogens is 461 g/mol. The molecule has 1 aliphatic rings. The molecule has 0 bridgehead atoms. The number of nitrogens with zero attached hydrogens (tertiary/aromatic N) is 3. The first-order chi connectivity index (χ1) is 16.0. The molecule has 10 heteroatoms. The second-order valence-corrected chi connectivity index (χ2v) is 9.61. The van der Waals surface area contributed by atoms with Gasteiger partial charge in [0.1, 0.15) is 23.6 Å². The molecule has 0 radical (unpaired) electrons. The van der Waals surface area contributed by atoms with Gasteiger partial charge in [0.05, 0.1) is 22.1 Å². The number of aromatic nitrogens is 2. The number of hydrogen-bond donors (Lipinski definition) is 2. The van der Waals surface area contributed by atoms with Gasteiger partial charge in [-0.1, -0.05) is 23.7 Å². The molecule has 2 amide bonds. The Bertz CT molecular complexity index is 1260. The van der Waals surface area contributed by atoms with Crippen LogP contribution < -0.4 is 11.1 Å². The minimum atomic E-state index is -0.648. The van der Waals surface area contributed by atoms with Gasteiger partial charge in [-0.15, -0.1) is 0 Å². The zero-order valence-corrected chi connectivity index (χ0v) is 19.8. The number of anilines is 1. The van der Waals surface area contributed by atoms with E-state index in [-0.39, 0.29) is 22.5 Å². The Kier molecular flexibility index (Phi) is 6.31. The molecule has 3 N–H and O–H groups in total. The zero-order chi connectivity index (χ0) is 24.6. The summed E-state index contributed by atoms with van der Waals surface area (Å²) in [4.78, 5) is 34.8. The molecule has 0 saturated carbocycles. The fraction of sp³-hybridized carbons (Fsp3) is 0.333. The van der Waals surface area contributed by atoms with Crippen LogP contribution in [0.2, 0.25) is 5.02 Å². The highest BCUT2D eigenvalue weighted by Crippen LogP contribution is 2.34. The van der Waals surface area contributed by atoms with E-state index < -0.39 is 23.4 Å². The number of amides is 2. The third kappa shape index (κ3) is 4.89. The molecule has 2 aromatic carbocycles. The van der Waals surface area contributed by atoms with Crippen molar-refractivity contribution in [2.45, 2.75) is 38.3 Å². The number of nitrogens with one attached hydrogen (secondary N) is 1. The maximum Gasteiger partial charge on any atom is 0.410 e. The van der Waals surface area contributed by atoms with E-state index in [0.29, 0.717) is 29.8 Å². The highest BCUT2D eigenvalue weighted by Gasteiger charge is 2.38. The summed E-state index contributed by atoms with van der Waals surface area (Å²) in [5.74, 6) is -0.846. The van der Waals surface area contributed by atoms with Crippen LogP contribution in [0.1, 0.15) is 42.6 Å². The molecule has 2 heterocycles. The number of hydrogen-bond acceptors (Lipinski definition) is 6. The largest absolute Gasteiger partial charge is 0.444 e. The Balaban J connectivity index is 1.70. The summed E-state index contributed by atoms with van der Waals surface area (Å²) in [6.45, 7) is 6.06. The average Bonchev–Trinajstić information content (AvgIpc) is 3.18. The molecule has 3 aromatic rings. The van der Waals surface area contributed by atoms with Gasteiger partial charge in [-0.25, -0.2) is 19.2 Å². The van der Waals surface area contributed by atoms with E-state index in [4.69, 9.17) is 22.1 Å². The summed E-state index contributed by atoms with van der Waals surface area (Å²) in [7, 11) is 0. The van der Waals surface area contributed by atoms with Crippen molar-refractivity contribution in [3.8, 4) is 0 Å². The van der Waals surface area contributed by atoms with Crippen LogP contribution >= 0.6 is 11.6 Å². The van der Waals surface area contributed by atoms with E-state index in [1.165, 1.54) is 12.4 Å². The van der Waals surface area contributed by atoms with E-state index in [1.807, 2.05) is 0 Å². The number of benzene rings is 2. The Labute approximate surface area is 201 Å². The van der Waals surface area contributed by atoms with Gasteiger partial charge in [-0.05, 0) is 50.6 Å². The topological polar surface area (TPSA) is 110 Å². The molecule has 1 aromatic heterocycles. The average molecular weight is 486 g/mol. The van der Waals surface area contributed by atoms with Crippen LogP contribution in [0.5, 0.6) is 0 Å². The lowest BCUT2D eigenvalue weighted by atomic mass is 9.94. The normalized spacial score (nSPS) is 18.2.